The SMILES string of the molecule is Cc1cc(O)cc2c1nnc1c(C#N)cnn12. The fraction of sp³-hybridized carbons (Fsp3) is 0.0909. The van der Waals surface area contributed by atoms with E-state index in [9.17, 15) is 5.11 Å². The van der Waals surface area contributed by atoms with Gasteiger partial charge in [0.25, 0.3) is 0 Å². The predicted molar refractivity (Wildman–Crippen MR) is 59.4 cm³/mol. The molecule has 0 spiro atoms. The smallest absolute Gasteiger partial charge is 0.195 e. The maximum absolute atomic E-state index is 9.58. The Labute approximate surface area is 95.7 Å². The van der Waals surface area contributed by atoms with Gasteiger partial charge in [-0.3, -0.25) is 0 Å². The van der Waals surface area contributed by atoms with Crippen LogP contribution in [0.1, 0.15) is 11.1 Å². The molecule has 6 nitrogen and oxygen atoms in total. The number of fused-ring (bicyclic) bond motifs is 3. The van der Waals surface area contributed by atoms with Crippen molar-refractivity contribution in [1.82, 2.24) is 19.8 Å². The van der Waals surface area contributed by atoms with E-state index in [-0.39, 0.29) is 5.75 Å². The van der Waals surface area contributed by atoms with Crippen LogP contribution < -0.4 is 0 Å². The molecule has 17 heavy (non-hydrogen) atoms. The monoisotopic (exact) mass is 225 g/mol. The van der Waals surface area contributed by atoms with Gasteiger partial charge in [0.15, 0.2) is 5.65 Å². The molecule has 0 fully saturated rings. The van der Waals surface area contributed by atoms with Crippen molar-refractivity contribution in [2.75, 3.05) is 0 Å². The Bertz CT molecular complexity index is 784. The van der Waals surface area contributed by atoms with Crippen LogP contribution in [0, 0.1) is 18.3 Å². The lowest BCUT2D eigenvalue weighted by Crippen LogP contribution is -1.98. The molecule has 82 valence electrons. The summed E-state index contributed by atoms with van der Waals surface area (Å²) in [5, 5.41) is 30.6. The quantitative estimate of drug-likeness (QED) is 0.620. The first kappa shape index (κ1) is 9.54. The van der Waals surface area contributed by atoms with Gasteiger partial charge in [-0.05, 0) is 18.6 Å². The highest BCUT2D eigenvalue weighted by Crippen LogP contribution is 2.22. The topological polar surface area (TPSA) is 87.1 Å². The van der Waals surface area contributed by atoms with Gasteiger partial charge < -0.3 is 5.11 Å². The Morgan fingerprint density at radius 1 is 1.35 bits per heavy atom. The summed E-state index contributed by atoms with van der Waals surface area (Å²) in [6.07, 6.45) is 1.43. The number of hydrogen-bond acceptors (Lipinski definition) is 5. The average molecular weight is 225 g/mol. The van der Waals surface area contributed by atoms with E-state index in [0.717, 1.165) is 5.56 Å². The van der Waals surface area contributed by atoms with Crippen LogP contribution in [-0.4, -0.2) is 24.9 Å². The minimum Gasteiger partial charge on any atom is -0.508 e. The highest BCUT2D eigenvalue weighted by molar-refractivity contribution is 5.81. The third-order valence-electron chi connectivity index (χ3n) is 2.60. The van der Waals surface area contributed by atoms with Crippen LogP contribution in [0.2, 0.25) is 0 Å². The van der Waals surface area contributed by atoms with Crippen molar-refractivity contribution in [1.29, 1.82) is 5.26 Å². The van der Waals surface area contributed by atoms with Gasteiger partial charge >= 0.3 is 0 Å². The zero-order valence-electron chi connectivity index (χ0n) is 8.92. The largest absolute Gasteiger partial charge is 0.508 e. The second kappa shape index (κ2) is 3.15. The summed E-state index contributed by atoms with van der Waals surface area (Å²) in [6.45, 7) is 1.83. The Kier molecular flexibility index (Phi) is 1.77. The molecule has 0 radical (unpaired) electrons. The number of phenolic OH excluding ortho intramolecular Hbond substituents is 1. The third kappa shape index (κ3) is 1.23. The van der Waals surface area contributed by atoms with E-state index in [0.29, 0.717) is 22.2 Å². The van der Waals surface area contributed by atoms with Gasteiger partial charge in [0.05, 0.1) is 11.7 Å². The number of rotatable bonds is 0. The van der Waals surface area contributed by atoms with Crippen LogP contribution in [0.15, 0.2) is 18.3 Å². The van der Waals surface area contributed by atoms with Gasteiger partial charge in [-0.15, -0.1) is 10.2 Å². The van der Waals surface area contributed by atoms with E-state index in [1.165, 1.54) is 10.7 Å². The van der Waals surface area contributed by atoms with E-state index < -0.39 is 0 Å². The lowest BCUT2D eigenvalue weighted by Gasteiger charge is -2.03. The molecule has 0 saturated carbocycles. The zero-order chi connectivity index (χ0) is 12.0. The Morgan fingerprint density at radius 2 is 2.18 bits per heavy atom. The molecule has 0 unspecified atom stereocenters. The van der Waals surface area contributed by atoms with E-state index >= 15 is 0 Å². The minimum atomic E-state index is 0.137. The molecule has 1 N–H and O–H groups in total. The summed E-state index contributed by atoms with van der Waals surface area (Å²) >= 11 is 0. The molecule has 6 heteroatoms. The van der Waals surface area contributed by atoms with E-state index in [2.05, 4.69) is 15.3 Å². The van der Waals surface area contributed by atoms with Crippen LogP contribution in [0.3, 0.4) is 0 Å². The van der Waals surface area contributed by atoms with Crippen LogP contribution in [-0.2, 0) is 0 Å². The lowest BCUT2D eigenvalue weighted by molar-refractivity contribution is 0.475. The number of hydrogen-bond donors (Lipinski definition) is 1. The Morgan fingerprint density at radius 3 is 2.94 bits per heavy atom. The van der Waals surface area contributed by atoms with Gasteiger partial charge in [-0.1, -0.05) is 0 Å². The molecule has 3 aromatic rings. The molecular weight excluding hydrogens is 218 g/mol. The van der Waals surface area contributed by atoms with E-state index in [4.69, 9.17) is 5.26 Å². The summed E-state index contributed by atoms with van der Waals surface area (Å²) < 4.78 is 1.51. The first-order chi connectivity index (χ1) is 8.20. The highest BCUT2D eigenvalue weighted by Gasteiger charge is 2.11. The molecule has 0 aliphatic carbocycles. The van der Waals surface area contributed by atoms with Crippen molar-refractivity contribution in [2.24, 2.45) is 0 Å². The predicted octanol–water partition coefficient (Wildman–Crippen LogP) is 1.16. The molecule has 0 aliphatic rings. The van der Waals surface area contributed by atoms with Crippen LogP contribution >= 0.6 is 0 Å². The van der Waals surface area contributed by atoms with Gasteiger partial charge in [-0.25, -0.2) is 4.52 Å². The molecule has 2 aromatic heterocycles. The summed E-state index contributed by atoms with van der Waals surface area (Å²) in [5.74, 6) is 0.137. The van der Waals surface area contributed by atoms with Crippen LogP contribution in [0.25, 0.3) is 16.7 Å². The summed E-state index contributed by atoms with van der Waals surface area (Å²) in [6, 6.07) is 5.16. The number of phenols is 1. The van der Waals surface area contributed by atoms with E-state index in [1.807, 2.05) is 13.0 Å². The fourth-order valence-corrected chi connectivity index (χ4v) is 1.82. The van der Waals surface area contributed by atoms with Gasteiger partial charge in [-0.2, -0.15) is 10.4 Å². The molecule has 0 aliphatic heterocycles. The van der Waals surface area contributed by atoms with Gasteiger partial charge in [0, 0.05) is 6.07 Å². The van der Waals surface area contributed by atoms with Crippen molar-refractivity contribution in [3.63, 3.8) is 0 Å². The number of aryl methyl sites for hydroxylation is 1. The second-order valence-electron chi connectivity index (χ2n) is 3.74. The number of benzene rings is 1. The molecule has 0 atom stereocenters. The first-order valence-electron chi connectivity index (χ1n) is 4.94. The number of nitriles is 1. The molecule has 0 amide bonds. The molecule has 1 aromatic carbocycles. The normalized spacial score (nSPS) is 10.8. The number of nitrogens with zero attached hydrogens (tertiary/aromatic N) is 5. The summed E-state index contributed by atoms with van der Waals surface area (Å²) in [5.41, 5.74) is 2.85. The van der Waals surface area contributed by atoms with Crippen molar-refractivity contribution in [3.8, 4) is 11.8 Å². The standard InChI is InChI=1S/C11H7N5O/c1-6-2-8(17)3-9-10(6)14-15-11-7(4-12)5-13-16(9)11/h2-3,5,17H,1H3. The lowest BCUT2D eigenvalue weighted by atomic mass is 10.2. The molecule has 2 heterocycles. The molecule has 0 bridgehead atoms. The number of aromatic nitrogens is 4. The van der Waals surface area contributed by atoms with Crippen molar-refractivity contribution < 1.29 is 5.11 Å². The van der Waals surface area contributed by atoms with Crippen LogP contribution in [0.5, 0.6) is 5.75 Å². The first-order valence-corrected chi connectivity index (χ1v) is 4.94. The van der Waals surface area contributed by atoms with Crippen molar-refractivity contribution >= 4 is 16.7 Å². The zero-order valence-corrected chi connectivity index (χ0v) is 8.92. The summed E-state index contributed by atoms with van der Waals surface area (Å²) in [7, 11) is 0. The summed E-state index contributed by atoms with van der Waals surface area (Å²) in [4.78, 5) is 0. The van der Waals surface area contributed by atoms with Gasteiger partial charge in [0.1, 0.15) is 22.9 Å². The molecular formula is C11H7N5O. The van der Waals surface area contributed by atoms with Gasteiger partial charge in [0.2, 0.25) is 0 Å². The third-order valence-corrected chi connectivity index (χ3v) is 2.60. The van der Waals surface area contributed by atoms with Crippen molar-refractivity contribution in [3.05, 3.63) is 29.5 Å². The maximum atomic E-state index is 9.58. The Balaban J connectivity index is 2.57. The van der Waals surface area contributed by atoms with Crippen LogP contribution in [0.4, 0.5) is 0 Å². The van der Waals surface area contributed by atoms with Crippen molar-refractivity contribution in [2.45, 2.75) is 6.92 Å². The molecule has 0 saturated heterocycles. The maximum Gasteiger partial charge on any atom is 0.195 e. The number of aromatic hydroxyl groups is 1. The average Bonchev–Trinajstić information content (AvgIpc) is 2.71. The fourth-order valence-electron chi connectivity index (χ4n) is 1.82. The molecule has 3 rings (SSSR count). The second-order valence-corrected chi connectivity index (χ2v) is 3.74. The minimum absolute atomic E-state index is 0.137. The van der Waals surface area contributed by atoms with E-state index in [1.54, 1.807) is 12.1 Å². The highest BCUT2D eigenvalue weighted by atomic mass is 16.3. The Hall–Kier alpha value is -2.68.